The maximum Gasteiger partial charge on any atom is 0.247 e. The first-order valence-electron chi connectivity index (χ1n) is 13.9. The summed E-state index contributed by atoms with van der Waals surface area (Å²) in [5.74, 6) is 0.819. The number of nitrogens with zero attached hydrogens (tertiary/aromatic N) is 5. The number of carbonyl (C=O) groups excluding carboxylic acids is 1. The molecule has 1 amide bonds. The molecule has 2 aromatic carbocycles. The van der Waals surface area contributed by atoms with Crippen LogP contribution >= 0.6 is 11.6 Å². The summed E-state index contributed by atoms with van der Waals surface area (Å²) in [5.41, 5.74) is 2.92. The molecule has 2 aliphatic rings. The first-order valence-corrected chi connectivity index (χ1v) is 14.3. The zero-order valence-electron chi connectivity index (χ0n) is 23.9. The zero-order chi connectivity index (χ0) is 29.8. The highest BCUT2D eigenvalue weighted by Crippen LogP contribution is 2.40. The summed E-state index contributed by atoms with van der Waals surface area (Å²) in [7, 11) is 1.60. The number of carbonyl (C=O) groups is 1. The number of aromatic nitrogens is 2. The van der Waals surface area contributed by atoms with Crippen LogP contribution in [-0.4, -0.2) is 66.7 Å². The number of halogens is 2. The average Bonchev–Trinajstić information content (AvgIpc) is 3.49. The molecule has 2 aliphatic heterocycles. The molecule has 1 unspecified atom stereocenters. The first kappa shape index (κ1) is 29.6. The molecule has 42 heavy (non-hydrogen) atoms. The van der Waals surface area contributed by atoms with Crippen LogP contribution in [0.5, 0.6) is 5.75 Å². The Bertz CT molecular complexity index is 1450. The highest BCUT2D eigenvalue weighted by molar-refractivity contribution is 6.30. The average molecular weight is 596 g/mol. The smallest absolute Gasteiger partial charge is 0.247 e. The van der Waals surface area contributed by atoms with Gasteiger partial charge in [-0.15, -0.1) is 0 Å². The quantitative estimate of drug-likeness (QED) is 0.308. The Kier molecular flexibility index (Phi) is 9.10. The summed E-state index contributed by atoms with van der Waals surface area (Å²) < 4.78 is 19.5. The van der Waals surface area contributed by atoms with Crippen molar-refractivity contribution in [3.63, 3.8) is 0 Å². The Labute approximate surface area is 250 Å². The molecule has 222 valence electrons. The fourth-order valence-electron chi connectivity index (χ4n) is 5.25. The number of ether oxygens (including phenoxy) is 1. The zero-order valence-corrected chi connectivity index (χ0v) is 24.7. The SMILES string of the molecule is C=CC(=O)Nc1cc(Nc2cc(N3OCCC3c3ccc(F)c(Cl)c3)ncn2)c(OC)cc1N1CCN(C(C)C)CC1. The lowest BCUT2D eigenvalue weighted by Gasteiger charge is -2.39. The van der Waals surface area contributed by atoms with E-state index in [0.717, 1.165) is 37.4 Å². The Morgan fingerprint density at radius 3 is 2.64 bits per heavy atom. The van der Waals surface area contributed by atoms with Gasteiger partial charge < -0.3 is 20.3 Å². The molecule has 12 heteroatoms. The summed E-state index contributed by atoms with van der Waals surface area (Å²) >= 11 is 6.04. The number of rotatable bonds is 9. The highest BCUT2D eigenvalue weighted by atomic mass is 35.5. The summed E-state index contributed by atoms with van der Waals surface area (Å²) in [6.07, 6.45) is 3.36. The molecule has 5 rings (SSSR count). The molecule has 0 bridgehead atoms. The van der Waals surface area contributed by atoms with Crippen LogP contribution in [0.1, 0.15) is 31.9 Å². The molecule has 2 fully saturated rings. The van der Waals surface area contributed by atoms with E-state index >= 15 is 0 Å². The molecule has 0 saturated carbocycles. The van der Waals surface area contributed by atoms with Gasteiger partial charge in [-0.05, 0) is 43.7 Å². The van der Waals surface area contributed by atoms with Gasteiger partial charge in [0.25, 0.3) is 0 Å². The second-order valence-electron chi connectivity index (χ2n) is 10.4. The van der Waals surface area contributed by atoms with Gasteiger partial charge in [0, 0.05) is 50.8 Å². The van der Waals surface area contributed by atoms with Gasteiger partial charge in [-0.25, -0.2) is 19.4 Å². The minimum absolute atomic E-state index is 0.0566. The minimum atomic E-state index is -0.471. The summed E-state index contributed by atoms with van der Waals surface area (Å²) in [6, 6.07) is 10.4. The maximum absolute atomic E-state index is 13.8. The Morgan fingerprint density at radius 2 is 1.95 bits per heavy atom. The third kappa shape index (κ3) is 6.43. The van der Waals surface area contributed by atoms with Crippen molar-refractivity contribution in [1.29, 1.82) is 0 Å². The number of hydrogen-bond donors (Lipinski definition) is 2. The van der Waals surface area contributed by atoms with Crippen molar-refractivity contribution in [2.75, 3.05) is 60.5 Å². The number of piperazine rings is 1. The van der Waals surface area contributed by atoms with Crippen molar-refractivity contribution in [2.24, 2.45) is 0 Å². The van der Waals surface area contributed by atoms with Gasteiger partial charge in [0.1, 0.15) is 23.7 Å². The number of benzene rings is 2. The van der Waals surface area contributed by atoms with Gasteiger partial charge >= 0.3 is 0 Å². The number of amides is 1. The van der Waals surface area contributed by atoms with E-state index in [1.807, 2.05) is 12.1 Å². The molecular weight excluding hydrogens is 561 g/mol. The Balaban J connectivity index is 1.42. The fraction of sp³-hybridized carbons (Fsp3) is 0.367. The van der Waals surface area contributed by atoms with Gasteiger partial charge in [0.05, 0.1) is 41.8 Å². The lowest BCUT2D eigenvalue weighted by Crippen LogP contribution is -2.49. The predicted molar refractivity (Wildman–Crippen MR) is 163 cm³/mol. The van der Waals surface area contributed by atoms with Crippen molar-refractivity contribution in [2.45, 2.75) is 32.4 Å². The summed E-state index contributed by atoms with van der Waals surface area (Å²) in [5, 5.41) is 8.00. The van der Waals surface area contributed by atoms with Crippen molar-refractivity contribution in [3.05, 3.63) is 71.8 Å². The van der Waals surface area contributed by atoms with Gasteiger partial charge in [-0.1, -0.05) is 24.2 Å². The van der Waals surface area contributed by atoms with Crippen molar-refractivity contribution in [1.82, 2.24) is 14.9 Å². The molecule has 0 spiro atoms. The van der Waals surface area contributed by atoms with E-state index in [9.17, 15) is 9.18 Å². The van der Waals surface area contributed by atoms with E-state index in [0.29, 0.717) is 47.8 Å². The van der Waals surface area contributed by atoms with Crippen LogP contribution in [0.25, 0.3) is 0 Å². The van der Waals surface area contributed by atoms with E-state index in [1.165, 1.54) is 18.5 Å². The minimum Gasteiger partial charge on any atom is -0.494 e. The second-order valence-corrected chi connectivity index (χ2v) is 10.8. The molecule has 3 aromatic rings. The molecule has 3 heterocycles. The van der Waals surface area contributed by atoms with Crippen molar-refractivity contribution >= 4 is 46.2 Å². The van der Waals surface area contributed by atoms with Gasteiger partial charge in [0.15, 0.2) is 5.82 Å². The van der Waals surface area contributed by atoms with Crippen LogP contribution in [0.2, 0.25) is 5.02 Å². The summed E-state index contributed by atoms with van der Waals surface area (Å²) in [4.78, 5) is 31.8. The van der Waals surface area contributed by atoms with E-state index in [2.05, 4.69) is 50.8 Å². The molecule has 2 N–H and O–H groups in total. The molecule has 0 aliphatic carbocycles. The number of anilines is 5. The molecule has 0 radical (unpaired) electrons. The fourth-order valence-corrected chi connectivity index (χ4v) is 5.44. The van der Waals surface area contributed by atoms with Crippen molar-refractivity contribution in [3.8, 4) is 5.75 Å². The third-order valence-corrected chi connectivity index (χ3v) is 7.81. The van der Waals surface area contributed by atoms with Crippen molar-refractivity contribution < 1.29 is 18.8 Å². The number of hydroxylamine groups is 1. The molecular formula is C30H35ClFN7O3. The number of methoxy groups -OCH3 is 1. The highest BCUT2D eigenvalue weighted by Gasteiger charge is 2.30. The van der Waals surface area contributed by atoms with Gasteiger partial charge in [-0.2, -0.15) is 0 Å². The number of hydrogen-bond acceptors (Lipinski definition) is 9. The maximum atomic E-state index is 13.8. The van der Waals surface area contributed by atoms with Gasteiger partial charge in [-0.3, -0.25) is 14.5 Å². The van der Waals surface area contributed by atoms with Crippen LogP contribution in [0.15, 0.2) is 55.4 Å². The van der Waals surface area contributed by atoms with Crippen LogP contribution in [0, 0.1) is 5.82 Å². The van der Waals surface area contributed by atoms with E-state index in [1.54, 1.807) is 30.4 Å². The standard InChI is InChI=1S/C30H35ClFN7O3/c1-5-30(40)36-23-15-24(27(41-4)16-26(23)38-11-9-37(10-12-38)19(2)3)35-28-17-29(34-18-33-28)39-25(8-13-42-39)20-6-7-22(32)21(31)14-20/h5-7,14-19,25H,1,8-13H2,2-4H3,(H,36,40)(H,33,34,35). The van der Waals surface area contributed by atoms with Crippen LogP contribution in [0.4, 0.5) is 33.1 Å². The Hall–Kier alpha value is -3.93. The molecule has 1 aromatic heterocycles. The van der Waals surface area contributed by atoms with Crippen LogP contribution in [-0.2, 0) is 9.63 Å². The second kappa shape index (κ2) is 12.9. The first-order chi connectivity index (χ1) is 20.3. The lowest BCUT2D eigenvalue weighted by atomic mass is 10.0. The lowest BCUT2D eigenvalue weighted by molar-refractivity contribution is -0.111. The van der Waals surface area contributed by atoms with Crippen LogP contribution < -0.4 is 25.3 Å². The topological polar surface area (TPSA) is 95.1 Å². The number of nitrogens with one attached hydrogen (secondary N) is 2. The van der Waals surface area contributed by atoms with Crippen LogP contribution in [0.3, 0.4) is 0 Å². The Morgan fingerprint density at radius 1 is 1.17 bits per heavy atom. The van der Waals surface area contributed by atoms with E-state index in [-0.39, 0.29) is 17.0 Å². The van der Waals surface area contributed by atoms with E-state index < -0.39 is 5.82 Å². The summed E-state index contributed by atoms with van der Waals surface area (Å²) in [6.45, 7) is 11.9. The normalized spacial score (nSPS) is 17.4. The largest absolute Gasteiger partial charge is 0.494 e. The molecule has 10 nitrogen and oxygen atoms in total. The predicted octanol–water partition coefficient (Wildman–Crippen LogP) is 5.56. The van der Waals surface area contributed by atoms with E-state index in [4.69, 9.17) is 21.2 Å². The van der Waals surface area contributed by atoms with Gasteiger partial charge in [0.2, 0.25) is 5.91 Å². The monoisotopic (exact) mass is 595 g/mol. The molecule has 1 atom stereocenters. The third-order valence-electron chi connectivity index (χ3n) is 7.52. The molecule has 2 saturated heterocycles.